The fraction of sp³-hybridized carbons (Fsp3) is 0.786. The first-order valence-electron chi connectivity index (χ1n) is 6.99. The summed E-state index contributed by atoms with van der Waals surface area (Å²) in [5.74, 6) is 0. The molecule has 3 nitrogen and oxygen atoms in total. The van der Waals surface area contributed by atoms with Gasteiger partial charge in [-0.05, 0) is 19.8 Å². The van der Waals surface area contributed by atoms with Crippen molar-refractivity contribution in [3.05, 3.63) is 16.4 Å². The highest BCUT2D eigenvalue weighted by Crippen LogP contribution is 2.21. The maximum absolute atomic E-state index is 6.21. The van der Waals surface area contributed by atoms with Gasteiger partial charge in [-0.25, -0.2) is 0 Å². The van der Waals surface area contributed by atoms with Crippen LogP contribution in [0, 0.1) is 6.92 Å². The Kier molecular flexibility index (Phi) is 6.72. The number of nitrogens with zero attached hydrogens (tertiary/aromatic N) is 2. The lowest BCUT2D eigenvalue weighted by molar-refractivity contribution is 0.537. The van der Waals surface area contributed by atoms with Gasteiger partial charge in [0.1, 0.15) is 5.15 Å². The van der Waals surface area contributed by atoms with E-state index in [0.29, 0.717) is 0 Å². The lowest BCUT2D eigenvalue weighted by Crippen LogP contribution is -2.23. The summed E-state index contributed by atoms with van der Waals surface area (Å²) in [5.41, 5.74) is 8.29. The normalized spacial score (nSPS) is 12.9. The Balaban J connectivity index is 2.33. The number of hydrogen-bond donors (Lipinski definition) is 1. The van der Waals surface area contributed by atoms with Gasteiger partial charge in [0.05, 0.1) is 5.69 Å². The molecule has 0 saturated heterocycles. The van der Waals surface area contributed by atoms with Gasteiger partial charge in [-0.1, -0.05) is 50.6 Å². The summed E-state index contributed by atoms with van der Waals surface area (Å²) < 4.78 is 1.72. The second kappa shape index (κ2) is 7.80. The van der Waals surface area contributed by atoms with E-state index in [4.69, 9.17) is 17.3 Å². The molecule has 104 valence electrons. The van der Waals surface area contributed by atoms with E-state index in [-0.39, 0.29) is 6.04 Å². The Labute approximate surface area is 116 Å². The fourth-order valence-electron chi connectivity index (χ4n) is 2.28. The summed E-state index contributed by atoms with van der Waals surface area (Å²) in [7, 11) is 1.87. The number of rotatable bonds is 8. The van der Waals surface area contributed by atoms with Gasteiger partial charge in [0, 0.05) is 18.7 Å². The standard InChI is InChI=1S/C14H26ClN3/c1-4-5-6-7-8-9-12(16)10-13-11(2)17-18(3)14(13)15/h12H,4-10,16H2,1-3H3. The third-order valence-electron chi connectivity index (χ3n) is 3.41. The molecule has 0 radical (unpaired) electrons. The zero-order valence-corrected chi connectivity index (χ0v) is 12.6. The molecular formula is C14H26ClN3. The lowest BCUT2D eigenvalue weighted by atomic mass is 10.0. The largest absolute Gasteiger partial charge is 0.327 e. The highest BCUT2D eigenvalue weighted by atomic mass is 35.5. The van der Waals surface area contributed by atoms with Gasteiger partial charge in [0.15, 0.2) is 0 Å². The minimum atomic E-state index is 0.201. The van der Waals surface area contributed by atoms with Gasteiger partial charge >= 0.3 is 0 Å². The molecule has 0 bridgehead atoms. The molecule has 0 aliphatic rings. The van der Waals surface area contributed by atoms with Crippen LogP contribution in [0.15, 0.2) is 0 Å². The maximum Gasteiger partial charge on any atom is 0.130 e. The molecular weight excluding hydrogens is 246 g/mol. The van der Waals surface area contributed by atoms with Crippen LogP contribution in [-0.4, -0.2) is 15.8 Å². The van der Waals surface area contributed by atoms with Crippen LogP contribution in [0.3, 0.4) is 0 Å². The first-order chi connectivity index (χ1) is 8.56. The smallest absolute Gasteiger partial charge is 0.130 e. The molecule has 0 aliphatic carbocycles. The highest BCUT2D eigenvalue weighted by molar-refractivity contribution is 6.30. The summed E-state index contributed by atoms with van der Waals surface area (Å²) in [5, 5.41) is 5.04. The molecule has 0 amide bonds. The van der Waals surface area contributed by atoms with Crippen LogP contribution >= 0.6 is 11.6 Å². The van der Waals surface area contributed by atoms with Crippen molar-refractivity contribution in [1.29, 1.82) is 0 Å². The molecule has 1 aromatic rings. The van der Waals surface area contributed by atoms with Crippen molar-refractivity contribution >= 4 is 11.6 Å². The average Bonchev–Trinajstić information content (AvgIpc) is 2.56. The molecule has 0 aromatic carbocycles. The molecule has 1 aromatic heterocycles. The molecule has 0 saturated carbocycles. The summed E-state index contributed by atoms with van der Waals surface area (Å²) in [6, 6.07) is 0.201. The third-order valence-corrected chi connectivity index (χ3v) is 3.89. The minimum absolute atomic E-state index is 0.201. The van der Waals surface area contributed by atoms with Crippen molar-refractivity contribution < 1.29 is 0 Å². The fourth-order valence-corrected chi connectivity index (χ4v) is 2.53. The zero-order chi connectivity index (χ0) is 13.5. The molecule has 4 heteroatoms. The molecule has 0 fully saturated rings. The monoisotopic (exact) mass is 271 g/mol. The summed E-state index contributed by atoms with van der Waals surface area (Å²) >= 11 is 6.21. The Morgan fingerprint density at radius 3 is 2.50 bits per heavy atom. The van der Waals surface area contributed by atoms with E-state index in [1.54, 1.807) is 4.68 Å². The van der Waals surface area contributed by atoms with Gasteiger partial charge in [-0.2, -0.15) is 5.10 Å². The van der Waals surface area contributed by atoms with Gasteiger partial charge in [0.25, 0.3) is 0 Å². The first-order valence-corrected chi connectivity index (χ1v) is 7.37. The number of aryl methyl sites for hydroxylation is 2. The van der Waals surface area contributed by atoms with E-state index < -0.39 is 0 Å². The molecule has 0 aliphatic heterocycles. The first kappa shape index (κ1) is 15.5. The zero-order valence-electron chi connectivity index (χ0n) is 11.9. The third kappa shape index (κ3) is 4.62. The van der Waals surface area contributed by atoms with Gasteiger partial charge < -0.3 is 5.73 Å². The Morgan fingerprint density at radius 1 is 1.28 bits per heavy atom. The second-order valence-corrected chi connectivity index (χ2v) is 5.50. The predicted molar refractivity (Wildman–Crippen MR) is 78.0 cm³/mol. The highest BCUT2D eigenvalue weighted by Gasteiger charge is 2.14. The Hall–Kier alpha value is -0.540. The van der Waals surface area contributed by atoms with Gasteiger partial charge in [0.2, 0.25) is 0 Å². The van der Waals surface area contributed by atoms with Crippen molar-refractivity contribution in [3.8, 4) is 0 Å². The quantitative estimate of drug-likeness (QED) is 0.734. The van der Waals surface area contributed by atoms with E-state index in [1.807, 2.05) is 14.0 Å². The SMILES string of the molecule is CCCCCCCC(N)Cc1c(C)nn(C)c1Cl. The maximum atomic E-state index is 6.21. The number of halogens is 1. The molecule has 1 atom stereocenters. The van der Waals surface area contributed by atoms with E-state index >= 15 is 0 Å². The number of hydrogen-bond acceptors (Lipinski definition) is 2. The van der Waals surface area contributed by atoms with E-state index in [0.717, 1.165) is 29.3 Å². The molecule has 1 unspecified atom stereocenters. The van der Waals surface area contributed by atoms with Crippen molar-refractivity contribution in [2.24, 2.45) is 12.8 Å². The van der Waals surface area contributed by atoms with Crippen LogP contribution in [0.4, 0.5) is 0 Å². The van der Waals surface area contributed by atoms with Crippen molar-refractivity contribution in [2.45, 2.75) is 64.8 Å². The van der Waals surface area contributed by atoms with E-state index in [9.17, 15) is 0 Å². The topological polar surface area (TPSA) is 43.8 Å². The number of nitrogens with two attached hydrogens (primary N) is 1. The summed E-state index contributed by atoms with van der Waals surface area (Å²) in [6.45, 7) is 4.23. The Morgan fingerprint density at radius 2 is 1.94 bits per heavy atom. The van der Waals surface area contributed by atoms with Crippen molar-refractivity contribution in [2.75, 3.05) is 0 Å². The van der Waals surface area contributed by atoms with Gasteiger partial charge in [-0.15, -0.1) is 0 Å². The lowest BCUT2D eigenvalue weighted by Gasteiger charge is -2.11. The van der Waals surface area contributed by atoms with Crippen LogP contribution in [-0.2, 0) is 13.5 Å². The molecule has 1 rings (SSSR count). The second-order valence-electron chi connectivity index (χ2n) is 5.15. The van der Waals surface area contributed by atoms with E-state index in [2.05, 4.69) is 12.0 Å². The number of unbranched alkanes of at least 4 members (excludes halogenated alkanes) is 4. The summed E-state index contributed by atoms with van der Waals surface area (Å²) in [6.07, 6.45) is 8.38. The molecule has 1 heterocycles. The van der Waals surface area contributed by atoms with Crippen LogP contribution in [0.2, 0.25) is 5.15 Å². The predicted octanol–water partition coefficient (Wildman–Crippen LogP) is 3.61. The van der Waals surface area contributed by atoms with E-state index in [1.165, 1.54) is 32.1 Å². The average molecular weight is 272 g/mol. The molecule has 0 spiro atoms. The van der Waals surface area contributed by atoms with Crippen LogP contribution < -0.4 is 5.73 Å². The molecule has 18 heavy (non-hydrogen) atoms. The molecule has 2 N–H and O–H groups in total. The van der Waals surface area contributed by atoms with Gasteiger partial charge in [-0.3, -0.25) is 4.68 Å². The van der Waals surface area contributed by atoms with Crippen molar-refractivity contribution in [3.63, 3.8) is 0 Å². The minimum Gasteiger partial charge on any atom is -0.327 e. The van der Waals surface area contributed by atoms with Crippen LogP contribution in [0.5, 0.6) is 0 Å². The number of aromatic nitrogens is 2. The van der Waals surface area contributed by atoms with Crippen molar-refractivity contribution in [1.82, 2.24) is 9.78 Å². The van der Waals surface area contributed by atoms with Crippen LogP contribution in [0.25, 0.3) is 0 Å². The van der Waals surface area contributed by atoms with Crippen LogP contribution in [0.1, 0.15) is 56.7 Å². The summed E-state index contributed by atoms with van der Waals surface area (Å²) in [4.78, 5) is 0. The Bertz CT molecular complexity index is 360.